The number of aromatic hydroxyl groups is 3. The fourth-order valence-corrected chi connectivity index (χ4v) is 7.29. The number of anilines is 1. The average molecular weight is 694 g/mol. The fraction of sp³-hybridized carbons (Fsp3) is 0.417. The summed E-state index contributed by atoms with van der Waals surface area (Å²) >= 11 is 0. The summed E-state index contributed by atoms with van der Waals surface area (Å²) in [4.78, 5) is 64.2. The molecule has 5 atom stereocenters. The summed E-state index contributed by atoms with van der Waals surface area (Å²) in [6.45, 7) is 7.40. The zero-order chi connectivity index (χ0) is 37.2. The molecule has 3 aliphatic rings. The minimum absolute atomic E-state index is 0.0496. The van der Waals surface area contributed by atoms with E-state index in [-0.39, 0.29) is 59.9 Å². The normalized spacial score (nSPS) is 23.9. The number of nitrogens with two attached hydrogens (primary N) is 1. The number of nitrogens with one attached hydrogen (secondary N) is 2. The second-order valence-electron chi connectivity index (χ2n) is 12.5. The molecule has 0 radical (unpaired) electrons. The molecule has 5 rings (SSSR count). The third-order valence-corrected chi connectivity index (χ3v) is 9.77. The first-order valence-corrected chi connectivity index (χ1v) is 16.3. The molecule has 268 valence electrons. The van der Waals surface area contributed by atoms with Crippen molar-refractivity contribution in [2.24, 2.45) is 23.0 Å². The molecule has 0 fully saturated rings. The van der Waals surface area contributed by atoms with E-state index in [1.165, 1.54) is 32.2 Å². The summed E-state index contributed by atoms with van der Waals surface area (Å²) in [7, 11) is 1.26. The predicted molar refractivity (Wildman–Crippen MR) is 180 cm³/mol. The first kappa shape index (κ1) is 37.4. The third kappa shape index (κ3) is 6.38. The Bertz CT molecular complexity index is 1810. The number of aliphatic hydroxyl groups is 2. The molecular weight excluding hydrogens is 650 g/mol. The quantitative estimate of drug-likeness (QED) is 0.140. The first-order valence-electron chi connectivity index (χ1n) is 16.3. The lowest BCUT2D eigenvalue weighted by molar-refractivity contribution is -0.128. The number of fused-ring (bicyclic) bond motifs is 3. The van der Waals surface area contributed by atoms with Gasteiger partial charge in [-0.05, 0) is 48.6 Å². The van der Waals surface area contributed by atoms with Crippen LogP contribution in [0.1, 0.15) is 74.4 Å². The van der Waals surface area contributed by atoms with E-state index >= 15 is 0 Å². The first-order chi connectivity index (χ1) is 23.6. The second-order valence-corrected chi connectivity index (χ2v) is 12.5. The maximum Gasteiger partial charge on any atom is 0.255 e. The van der Waals surface area contributed by atoms with Crippen molar-refractivity contribution < 1.29 is 54.2 Å². The molecule has 9 N–H and O–H groups in total. The highest BCUT2D eigenvalue weighted by molar-refractivity contribution is 6.20. The molecule has 0 aromatic heterocycles. The number of carbonyl (C=O) groups excluding carboxylic acids is 5. The number of Topliss-reactive ketones (excluding diaryl/α,β-unsaturated/α-hetero) is 2. The van der Waals surface area contributed by atoms with Crippen molar-refractivity contribution in [2.75, 3.05) is 19.0 Å². The van der Waals surface area contributed by atoms with E-state index in [2.05, 4.69) is 10.6 Å². The number of hydrogen-bond acceptors (Lipinski definition) is 11. The Labute approximate surface area is 288 Å². The van der Waals surface area contributed by atoms with Crippen LogP contribution in [0.5, 0.6) is 17.2 Å². The van der Waals surface area contributed by atoms with Gasteiger partial charge in [-0.1, -0.05) is 32.9 Å². The van der Waals surface area contributed by atoms with Crippen LogP contribution in [0.15, 0.2) is 53.0 Å². The van der Waals surface area contributed by atoms with Crippen molar-refractivity contribution >= 4 is 35.0 Å². The van der Waals surface area contributed by atoms with Crippen molar-refractivity contribution in [3.8, 4) is 17.2 Å². The number of hydrogen-bond donors (Lipinski definition) is 8. The van der Waals surface area contributed by atoms with Crippen LogP contribution in [0.2, 0.25) is 0 Å². The van der Waals surface area contributed by atoms with Gasteiger partial charge in [-0.3, -0.25) is 24.0 Å². The number of aliphatic hydroxyl groups excluding tert-OH is 2. The highest BCUT2D eigenvalue weighted by Crippen LogP contribution is 2.60. The van der Waals surface area contributed by atoms with E-state index in [9.17, 15) is 49.5 Å². The fourth-order valence-electron chi connectivity index (χ4n) is 7.29. The summed E-state index contributed by atoms with van der Waals surface area (Å²) in [5.41, 5.74) is 3.86. The molecule has 0 spiro atoms. The summed E-state index contributed by atoms with van der Waals surface area (Å²) in [5.74, 6) is -7.96. The topological polar surface area (TPSA) is 246 Å². The monoisotopic (exact) mass is 693 g/mol. The lowest BCUT2D eigenvalue weighted by Gasteiger charge is -2.52. The zero-order valence-corrected chi connectivity index (χ0v) is 28.5. The van der Waals surface area contributed by atoms with Gasteiger partial charge in [0.05, 0.1) is 29.9 Å². The van der Waals surface area contributed by atoms with Gasteiger partial charge in [-0.15, -0.1) is 0 Å². The van der Waals surface area contributed by atoms with Crippen LogP contribution < -0.4 is 16.4 Å². The number of benzene rings is 2. The summed E-state index contributed by atoms with van der Waals surface area (Å²) in [6.07, 6.45) is -1.71. The molecule has 0 bridgehead atoms. The molecule has 50 heavy (non-hydrogen) atoms. The van der Waals surface area contributed by atoms with Crippen molar-refractivity contribution in [3.63, 3.8) is 0 Å². The van der Waals surface area contributed by atoms with E-state index in [0.717, 1.165) is 0 Å². The molecule has 2 aromatic carbocycles. The third-order valence-electron chi connectivity index (χ3n) is 9.77. The van der Waals surface area contributed by atoms with E-state index in [1.54, 1.807) is 19.1 Å². The number of amides is 3. The van der Waals surface area contributed by atoms with E-state index in [0.29, 0.717) is 17.5 Å². The lowest BCUT2D eigenvalue weighted by Crippen LogP contribution is -2.55. The molecule has 3 aliphatic carbocycles. The Morgan fingerprint density at radius 1 is 1.00 bits per heavy atom. The number of phenolic OH excluding ortho intramolecular Hbond substituents is 3. The highest BCUT2D eigenvalue weighted by Gasteiger charge is 2.61. The summed E-state index contributed by atoms with van der Waals surface area (Å²) < 4.78 is 5.68. The number of phenols is 3. The van der Waals surface area contributed by atoms with Gasteiger partial charge >= 0.3 is 0 Å². The minimum Gasteiger partial charge on any atom is -0.510 e. The van der Waals surface area contributed by atoms with Gasteiger partial charge in [-0.2, -0.15) is 0 Å². The van der Waals surface area contributed by atoms with E-state index in [1.807, 2.05) is 13.8 Å². The molecule has 2 unspecified atom stereocenters. The van der Waals surface area contributed by atoms with Crippen molar-refractivity contribution in [2.45, 2.75) is 65.4 Å². The Morgan fingerprint density at radius 2 is 1.66 bits per heavy atom. The van der Waals surface area contributed by atoms with Gasteiger partial charge in [0.15, 0.2) is 28.8 Å². The Morgan fingerprint density at radius 3 is 2.28 bits per heavy atom. The molecule has 0 saturated carbocycles. The van der Waals surface area contributed by atoms with Crippen LogP contribution in [0.3, 0.4) is 0 Å². The molecule has 14 heteroatoms. The standard InChI is InChI=1S/C34H37N3O11.C2H6/c1-14-16-5-6-18(37-23(42)9-8-22(41)36-11-10-15-4-7-19(38)20(39)12-15)29(44)25(16)30(45)27-24(14)28(43)17-13-21(40)26(33(35)47)31(46)34(17,2)32(27)48-3;1-2/h4-7,12,14,17,24,28,38-39,43-44,46H,8-11,13H2,1-3H3,(H2,35,47)(H,36,41)(H,37,42);1-2H3/t14-,17?,24?,28+,34-;/m0./s1. The van der Waals surface area contributed by atoms with Gasteiger partial charge in [0, 0.05) is 43.2 Å². The Kier molecular flexibility index (Phi) is 11.0. The SMILES string of the molecule is CC.COC1=C2C(=O)c3c(ccc(NC(=O)CCC(=O)NCCc4ccc(O)c(O)c4)c3O)[C@H](C)C2[C@H](O)C2CC(=O)C(C(N)=O)=C(O)[C@@]12C. The Hall–Kier alpha value is -5.37. The lowest BCUT2D eigenvalue weighted by atomic mass is 9.53. The highest BCUT2D eigenvalue weighted by atomic mass is 16.5. The molecule has 14 nitrogen and oxygen atoms in total. The van der Waals surface area contributed by atoms with Gasteiger partial charge < -0.3 is 46.6 Å². The number of primary amides is 1. The minimum atomic E-state index is -1.67. The van der Waals surface area contributed by atoms with E-state index in [4.69, 9.17) is 10.5 Å². The largest absolute Gasteiger partial charge is 0.510 e. The van der Waals surface area contributed by atoms with Crippen LogP contribution in [0.4, 0.5) is 5.69 Å². The number of ether oxygens (including phenoxy) is 1. The number of ketones is 2. The Balaban J connectivity index is 0.00000276. The number of methoxy groups -OCH3 is 1. The summed E-state index contributed by atoms with van der Waals surface area (Å²) in [6, 6.07) is 7.27. The molecular formula is C36H43N3O11. The molecule has 3 amide bonds. The predicted octanol–water partition coefficient (Wildman–Crippen LogP) is 2.99. The maximum atomic E-state index is 14.2. The smallest absolute Gasteiger partial charge is 0.255 e. The number of carbonyl (C=O) groups is 5. The molecule has 0 saturated heterocycles. The molecule has 0 heterocycles. The van der Waals surface area contributed by atoms with Crippen LogP contribution in [0, 0.1) is 17.3 Å². The van der Waals surface area contributed by atoms with E-state index < -0.39 is 75.6 Å². The van der Waals surface area contributed by atoms with Crippen LogP contribution in [-0.4, -0.2) is 74.6 Å². The van der Waals surface area contributed by atoms with Gasteiger partial charge in [0.2, 0.25) is 11.8 Å². The van der Waals surface area contributed by atoms with Crippen molar-refractivity contribution in [1.29, 1.82) is 0 Å². The van der Waals surface area contributed by atoms with Crippen molar-refractivity contribution in [3.05, 3.63) is 69.7 Å². The van der Waals surface area contributed by atoms with Gasteiger partial charge in [0.1, 0.15) is 17.1 Å². The van der Waals surface area contributed by atoms with Crippen molar-refractivity contribution in [1.82, 2.24) is 5.32 Å². The number of rotatable bonds is 9. The maximum absolute atomic E-state index is 14.2. The van der Waals surface area contributed by atoms with Crippen LogP contribution in [-0.2, 0) is 30.3 Å². The second kappa shape index (κ2) is 14.6. The van der Waals surface area contributed by atoms with Gasteiger partial charge in [0.25, 0.3) is 5.91 Å². The zero-order valence-electron chi connectivity index (χ0n) is 28.5. The average Bonchev–Trinajstić information content (AvgIpc) is 3.07. The molecule has 0 aliphatic heterocycles. The van der Waals surface area contributed by atoms with Crippen LogP contribution in [0.25, 0.3) is 0 Å². The molecule has 2 aromatic rings. The van der Waals surface area contributed by atoms with Crippen LogP contribution >= 0.6 is 0 Å². The summed E-state index contributed by atoms with van der Waals surface area (Å²) in [5, 5.41) is 58.3. The van der Waals surface area contributed by atoms with Gasteiger partial charge in [-0.25, -0.2) is 0 Å².